The molecule has 1 aromatic carbocycles. The SMILES string of the molecule is CSCC(C)Nc1ccc(N)c2cc(Br)cnc12. The second-order valence-electron chi connectivity index (χ2n) is 4.25. The lowest BCUT2D eigenvalue weighted by Crippen LogP contribution is -2.18. The van der Waals surface area contributed by atoms with Crippen molar-refractivity contribution >= 4 is 50.0 Å². The first-order valence-corrected chi connectivity index (χ1v) is 7.89. The highest BCUT2D eigenvalue weighted by molar-refractivity contribution is 9.10. The van der Waals surface area contributed by atoms with Gasteiger partial charge in [-0.3, -0.25) is 4.98 Å². The molecule has 0 spiro atoms. The third kappa shape index (κ3) is 2.90. The molecule has 2 aromatic rings. The molecule has 1 heterocycles. The molecule has 5 heteroatoms. The Labute approximate surface area is 120 Å². The van der Waals surface area contributed by atoms with Crippen LogP contribution in [-0.2, 0) is 0 Å². The van der Waals surface area contributed by atoms with Crippen molar-refractivity contribution in [2.75, 3.05) is 23.1 Å². The van der Waals surface area contributed by atoms with E-state index in [1.807, 2.05) is 30.0 Å². The monoisotopic (exact) mass is 325 g/mol. The van der Waals surface area contributed by atoms with Gasteiger partial charge in [0.1, 0.15) is 0 Å². The normalized spacial score (nSPS) is 12.6. The number of pyridine rings is 1. The van der Waals surface area contributed by atoms with Crippen molar-refractivity contribution in [1.29, 1.82) is 0 Å². The summed E-state index contributed by atoms with van der Waals surface area (Å²) in [6.45, 7) is 2.16. The quantitative estimate of drug-likeness (QED) is 0.841. The summed E-state index contributed by atoms with van der Waals surface area (Å²) in [5.74, 6) is 1.06. The van der Waals surface area contributed by atoms with Gasteiger partial charge in [0, 0.05) is 33.5 Å². The summed E-state index contributed by atoms with van der Waals surface area (Å²) in [5, 5.41) is 4.46. The van der Waals surface area contributed by atoms with E-state index in [4.69, 9.17) is 5.73 Å². The van der Waals surface area contributed by atoms with Crippen molar-refractivity contribution in [2.24, 2.45) is 0 Å². The number of nitrogens with one attached hydrogen (secondary N) is 1. The molecular weight excluding hydrogens is 310 g/mol. The maximum absolute atomic E-state index is 5.99. The first kappa shape index (κ1) is 13.5. The summed E-state index contributed by atoms with van der Waals surface area (Å²) in [5.41, 5.74) is 8.70. The highest BCUT2D eigenvalue weighted by Gasteiger charge is 2.08. The molecule has 0 fully saturated rings. The Morgan fingerprint density at radius 3 is 3.00 bits per heavy atom. The van der Waals surface area contributed by atoms with E-state index in [0.717, 1.165) is 32.5 Å². The molecule has 0 bridgehead atoms. The van der Waals surface area contributed by atoms with Crippen LogP contribution >= 0.6 is 27.7 Å². The van der Waals surface area contributed by atoms with Gasteiger partial charge < -0.3 is 11.1 Å². The molecule has 0 aliphatic rings. The van der Waals surface area contributed by atoms with E-state index in [-0.39, 0.29) is 0 Å². The number of benzene rings is 1. The van der Waals surface area contributed by atoms with Crippen LogP contribution in [0.25, 0.3) is 10.9 Å². The molecule has 1 atom stereocenters. The Bertz CT molecular complexity index is 559. The van der Waals surface area contributed by atoms with E-state index in [2.05, 4.69) is 39.4 Å². The van der Waals surface area contributed by atoms with Gasteiger partial charge in [0.25, 0.3) is 0 Å². The number of aromatic nitrogens is 1. The van der Waals surface area contributed by atoms with Gasteiger partial charge >= 0.3 is 0 Å². The minimum absolute atomic E-state index is 0.400. The van der Waals surface area contributed by atoms with Gasteiger partial charge in [0.05, 0.1) is 11.2 Å². The number of nitrogens with zero attached hydrogens (tertiary/aromatic N) is 1. The van der Waals surface area contributed by atoms with Gasteiger partial charge in [-0.25, -0.2) is 0 Å². The zero-order chi connectivity index (χ0) is 13.1. The molecule has 0 aliphatic carbocycles. The van der Waals surface area contributed by atoms with Crippen LogP contribution in [0.2, 0.25) is 0 Å². The number of nitrogen functional groups attached to an aromatic ring is 1. The van der Waals surface area contributed by atoms with E-state index < -0.39 is 0 Å². The Balaban J connectivity index is 2.42. The van der Waals surface area contributed by atoms with Crippen LogP contribution in [-0.4, -0.2) is 23.0 Å². The van der Waals surface area contributed by atoms with E-state index >= 15 is 0 Å². The predicted molar refractivity (Wildman–Crippen MR) is 85.3 cm³/mol. The first-order chi connectivity index (χ1) is 8.61. The number of anilines is 2. The zero-order valence-electron chi connectivity index (χ0n) is 10.4. The number of rotatable bonds is 4. The van der Waals surface area contributed by atoms with Crippen LogP contribution in [0.3, 0.4) is 0 Å². The first-order valence-electron chi connectivity index (χ1n) is 5.71. The van der Waals surface area contributed by atoms with Crippen LogP contribution < -0.4 is 11.1 Å². The summed E-state index contributed by atoms with van der Waals surface area (Å²) in [6.07, 6.45) is 3.90. The van der Waals surface area contributed by atoms with Crippen LogP contribution in [0.5, 0.6) is 0 Å². The highest BCUT2D eigenvalue weighted by atomic mass is 79.9. The number of nitrogens with two attached hydrogens (primary N) is 1. The summed E-state index contributed by atoms with van der Waals surface area (Å²) in [4.78, 5) is 4.46. The van der Waals surface area contributed by atoms with Gasteiger partial charge in [0.15, 0.2) is 0 Å². The molecule has 0 saturated heterocycles. The average molecular weight is 326 g/mol. The van der Waals surface area contributed by atoms with Gasteiger partial charge in [-0.15, -0.1) is 0 Å². The molecule has 18 heavy (non-hydrogen) atoms. The molecule has 0 radical (unpaired) electrons. The predicted octanol–water partition coefficient (Wildman–Crippen LogP) is 3.74. The van der Waals surface area contributed by atoms with E-state index in [1.165, 1.54) is 0 Å². The van der Waals surface area contributed by atoms with Crippen molar-refractivity contribution in [3.63, 3.8) is 0 Å². The Hall–Kier alpha value is -0.940. The van der Waals surface area contributed by atoms with Gasteiger partial charge in [-0.1, -0.05) is 0 Å². The number of thioether (sulfide) groups is 1. The van der Waals surface area contributed by atoms with Crippen LogP contribution in [0.4, 0.5) is 11.4 Å². The number of fused-ring (bicyclic) bond motifs is 1. The second kappa shape index (κ2) is 5.80. The maximum atomic E-state index is 5.99. The smallest absolute Gasteiger partial charge is 0.0954 e. The van der Waals surface area contributed by atoms with Crippen molar-refractivity contribution in [3.05, 3.63) is 28.9 Å². The molecular formula is C13H16BrN3S. The molecule has 3 nitrogen and oxygen atoms in total. The number of hydrogen-bond donors (Lipinski definition) is 2. The molecule has 1 aromatic heterocycles. The average Bonchev–Trinajstić information content (AvgIpc) is 2.33. The Morgan fingerprint density at radius 1 is 1.50 bits per heavy atom. The molecule has 2 rings (SSSR count). The molecule has 0 aliphatic heterocycles. The minimum Gasteiger partial charge on any atom is -0.398 e. The Kier molecular flexibility index (Phi) is 4.35. The molecule has 3 N–H and O–H groups in total. The largest absolute Gasteiger partial charge is 0.398 e. The second-order valence-corrected chi connectivity index (χ2v) is 6.08. The summed E-state index contributed by atoms with van der Waals surface area (Å²) in [6, 6.07) is 6.32. The third-order valence-corrected chi connectivity index (χ3v) is 3.94. The Morgan fingerprint density at radius 2 is 2.28 bits per heavy atom. The van der Waals surface area contributed by atoms with E-state index in [0.29, 0.717) is 6.04 Å². The molecule has 1 unspecified atom stereocenters. The fourth-order valence-electron chi connectivity index (χ4n) is 1.89. The number of hydrogen-bond acceptors (Lipinski definition) is 4. The molecule has 96 valence electrons. The minimum atomic E-state index is 0.400. The third-order valence-electron chi connectivity index (χ3n) is 2.67. The van der Waals surface area contributed by atoms with Crippen LogP contribution in [0.1, 0.15) is 6.92 Å². The van der Waals surface area contributed by atoms with Gasteiger partial charge in [0.2, 0.25) is 0 Å². The van der Waals surface area contributed by atoms with Crippen molar-refractivity contribution in [3.8, 4) is 0 Å². The summed E-state index contributed by atoms with van der Waals surface area (Å²) < 4.78 is 0.941. The lowest BCUT2D eigenvalue weighted by Gasteiger charge is -2.16. The van der Waals surface area contributed by atoms with Gasteiger partial charge in [-0.2, -0.15) is 11.8 Å². The van der Waals surface area contributed by atoms with Crippen LogP contribution in [0, 0.1) is 0 Å². The highest BCUT2D eigenvalue weighted by Crippen LogP contribution is 2.29. The van der Waals surface area contributed by atoms with Crippen molar-refractivity contribution in [1.82, 2.24) is 4.98 Å². The summed E-state index contributed by atoms with van der Waals surface area (Å²) in [7, 11) is 0. The van der Waals surface area contributed by atoms with Crippen molar-refractivity contribution < 1.29 is 0 Å². The topological polar surface area (TPSA) is 50.9 Å². The van der Waals surface area contributed by atoms with Crippen LogP contribution in [0.15, 0.2) is 28.9 Å². The standard InChI is InChI=1S/C13H16BrN3S/c1-8(7-18-2)17-12-4-3-11(15)10-5-9(14)6-16-13(10)12/h3-6,8,17H,7,15H2,1-2H3. The molecule has 0 amide bonds. The van der Waals surface area contributed by atoms with E-state index in [9.17, 15) is 0 Å². The zero-order valence-corrected chi connectivity index (χ0v) is 12.8. The van der Waals surface area contributed by atoms with E-state index in [1.54, 1.807) is 6.20 Å². The summed E-state index contributed by atoms with van der Waals surface area (Å²) >= 11 is 5.25. The lowest BCUT2D eigenvalue weighted by molar-refractivity contribution is 0.916. The van der Waals surface area contributed by atoms with Gasteiger partial charge in [-0.05, 0) is 47.3 Å². The maximum Gasteiger partial charge on any atom is 0.0954 e. The fourth-order valence-corrected chi connectivity index (χ4v) is 2.80. The molecule has 0 saturated carbocycles. The fraction of sp³-hybridized carbons (Fsp3) is 0.308. The lowest BCUT2D eigenvalue weighted by atomic mass is 10.1. The number of halogens is 1. The van der Waals surface area contributed by atoms with Crippen molar-refractivity contribution in [2.45, 2.75) is 13.0 Å².